The third-order valence-corrected chi connectivity index (χ3v) is 1.87. The van der Waals surface area contributed by atoms with E-state index in [1.54, 1.807) is 12.1 Å². The van der Waals surface area contributed by atoms with E-state index in [1.807, 2.05) is 6.92 Å². The number of para-hydroxylation sites is 1. The molecule has 1 aromatic carbocycles. The van der Waals surface area contributed by atoms with E-state index in [0.29, 0.717) is 12.4 Å². The van der Waals surface area contributed by atoms with Crippen LogP contribution in [0.1, 0.15) is 23.7 Å². The van der Waals surface area contributed by atoms with Gasteiger partial charge in [-0.2, -0.15) is 0 Å². The Hall–Kier alpha value is -1.71. The Morgan fingerprint density at radius 1 is 1.47 bits per heavy atom. The number of benzene rings is 1. The average molecular weight is 210 g/mol. The molecule has 0 aliphatic carbocycles. The van der Waals surface area contributed by atoms with Gasteiger partial charge in [0.1, 0.15) is 5.56 Å². The van der Waals surface area contributed by atoms with Crippen molar-refractivity contribution < 1.29 is 19.4 Å². The van der Waals surface area contributed by atoms with Crippen LogP contribution in [0, 0.1) is 0 Å². The molecule has 1 aromatic rings. The summed E-state index contributed by atoms with van der Waals surface area (Å²) in [5, 5.41) is 9.69. The van der Waals surface area contributed by atoms with E-state index >= 15 is 0 Å². The monoisotopic (exact) mass is 210 g/mol. The number of aromatic hydroxyl groups is 1. The van der Waals surface area contributed by atoms with Crippen molar-refractivity contribution in [2.45, 2.75) is 13.3 Å². The standard InChI is InChI=1S/C11H14O4/c1-3-7-15-9-6-4-5-8(10(9)12)11(13)14-2/h4-6,12H,3,7H2,1-2H3. The Kier molecular flexibility index (Phi) is 3.97. The number of phenols is 1. The number of esters is 1. The molecule has 0 aliphatic rings. The van der Waals surface area contributed by atoms with Crippen LogP contribution in [-0.4, -0.2) is 24.8 Å². The van der Waals surface area contributed by atoms with Gasteiger partial charge in [-0.3, -0.25) is 0 Å². The summed E-state index contributed by atoms with van der Waals surface area (Å²) in [6.45, 7) is 2.46. The number of phenolic OH excluding ortho intramolecular Hbond substituents is 1. The maximum absolute atomic E-state index is 11.2. The van der Waals surface area contributed by atoms with Crippen LogP contribution in [0.5, 0.6) is 11.5 Å². The van der Waals surface area contributed by atoms with Gasteiger partial charge in [0.15, 0.2) is 11.5 Å². The molecule has 1 N–H and O–H groups in total. The van der Waals surface area contributed by atoms with Crippen LogP contribution in [0.2, 0.25) is 0 Å². The minimum atomic E-state index is -0.575. The number of methoxy groups -OCH3 is 1. The average Bonchev–Trinajstić information content (AvgIpc) is 2.27. The molecule has 0 saturated carbocycles. The van der Waals surface area contributed by atoms with Crippen LogP contribution in [0.15, 0.2) is 18.2 Å². The Bertz CT molecular complexity index is 346. The van der Waals surface area contributed by atoms with Crippen LogP contribution in [0.3, 0.4) is 0 Å². The summed E-state index contributed by atoms with van der Waals surface area (Å²) in [5.41, 5.74) is 0.117. The minimum absolute atomic E-state index is 0.117. The van der Waals surface area contributed by atoms with Gasteiger partial charge >= 0.3 is 5.97 Å². The molecule has 1 rings (SSSR count). The van der Waals surface area contributed by atoms with Gasteiger partial charge < -0.3 is 14.6 Å². The Balaban J connectivity index is 2.95. The molecule has 82 valence electrons. The maximum Gasteiger partial charge on any atom is 0.341 e. The van der Waals surface area contributed by atoms with E-state index in [1.165, 1.54) is 13.2 Å². The molecule has 0 bridgehead atoms. The first-order valence-electron chi connectivity index (χ1n) is 4.73. The van der Waals surface area contributed by atoms with Gasteiger partial charge in [-0.25, -0.2) is 4.79 Å². The van der Waals surface area contributed by atoms with Crippen molar-refractivity contribution in [2.75, 3.05) is 13.7 Å². The molecular weight excluding hydrogens is 196 g/mol. The highest BCUT2D eigenvalue weighted by molar-refractivity contribution is 5.93. The molecule has 4 nitrogen and oxygen atoms in total. The molecule has 0 saturated heterocycles. The quantitative estimate of drug-likeness (QED) is 0.772. The van der Waals surface area contributed by atoms with Gasteiger partial charge in [0.25, 0.3) is 0 Å². The predicted molar refractivity (Wildman–Crippen MR) is 55.2 cm³/mol. The molecule has 0 unspecified atom stereocenters. The van der Waals surface area contributed by atoms with Crippen molar-refractivity contribution in [3.63, 3.8) is 0 Å². The molecule has 0 amide bonds. The normalized spacial score (nSPS) is 9.73. The molecular formula is C11H14O4. The van der Waals surface area contributed by atoms with Crippen molar-refractivity contribution in [3.05, 3.63) is 23.8 Å². The van der Waals surface area contributed by atoms with Gasteiger partial charge in [0.2, 0.25) is 0 Å². The lowest BCUT2D eigenvalue weighted by Gasteiger charge is -2.09. The van der Waals surface area contributed by atoms with E-state index in [0.717, 1.165) is 6.42 Å². The molecule has 0 spiro atoms. The SMILES string of the molecule is CCCOc1cccc(C(=O)OC)c1O. The zero-order chi connectivity index (χ0) is 11.3. The van der Waals surface area contributed by atoms with E-state index in [-0.39, 0.29) is 11.3 Å². The molecule has 0 aromatic heterocycles. The van der Waals surface area contributed by atoms with Crippen molar-refractivity contribution in [2.24, 2.45) is 0 Å². The van der Waals surface area contributed by atoms with Gasteiger partial charge in [-0.15, -0.1) is 0 Å². The topological polar surface area (TPSA) is 55.8 Å². The molecule has 15 heavy (non-hydrogen) atoms. The molecule has 0 heterocycles. The van der Waals surface area contributed by atoms with Gasteiger partial charge in [-0.05, 0) is 18.6 Å². The van der Waals surface area contributed by atoms with E-state index in [4.69, 9.17) is 4.74 Å². The van der Waals surface area contributed by atoms with E-state index < -0.39 is 5.97 Å². The lowest BCUT2D eigenvalue weighted by atomic mass is 10.2. The highest BCUT2D eigenvalue weighted by Crippen LogP contribution is 2.30. The zero-order valence-corrected chi connectivity index (χ0v) is 8.82. The summed E-state index contributed by atoms with van der Waals surface area (Å²) in [7, 11) is 1.27. The first-order chi connectivity index (χ1) is 7.20. The van der Waals surface area contributed by atoms with E-state index in [2.05, 4.69) is 4.74 Å². The number of carbonyl (C=O) groups excluding carboxylic acids is 1. The second-order valence-electron chi connectivity index (χ2n) is 2.99. The molecule has 0 atom stereocenters. The lowest BCUT2D eigenvalue weighted by Crippen LogP contribution is -2.03. The summed E-state index contributed by atoms with van der Waals surface area (Å²) in [5.74, 6) is -0.438. The fourth-order valence-electron chi connectivity index (χ4n) is 1.13. The fourth-order valence-corrected chi connectivity index (χ4v) is 1.13. The smallest absolute Gasteiger partial charge is 0.341 e. The summed E-state index contributed by atoms with van der Waals surface area (Å²) in [6.07, 6.45) is 0.835. The predicted octanol–water partition coefficient (Wildman–Crippen LogP) is 1.97. The van der Waals surface area contributed by atoms with Crippen molar-refractivity contribution in [1.29, 1.82) is 0 Å². The van der Waals surface area contributed by atoms with Crippen LogP contribution < -0.4 is 4.74 Å². The number of rotatable bonds is 4. The maximum atomic E-state index is 11.2. The molecule has 0 aliphatic heterocycles. The van der Waals surface area contributed by atoms with Gasteiger partial charge in [0, 0.05) is 0 Å². The number of carbonyl (C=O) groups is 1. The third kappa shape index (κ3) is 2.62. The Morgan fingerprint density at radius 2 is 2.20 bits per heavy atom. The summed E-state index contributed by atoms with van der Waals surface area (Å²) < 4.78 is 9.79. The number of hydrogen-bond donors (Lipinski definition) is 1. The van der Waals surface area contributed by atoms with Crippen molar-refractivity contribution in [1.82, 2.24) is 0 Å². The van der Waals surface area contributed by atoms with Gasteiger partial charge in [-0.1, -0.05) is 13.0 Å². The Morgan fingerprint density at radius 3 is 2.80 bits per heavy atom. The van der Waals surface area contributed by atoms with Crippen LogP contribution in [0.4, 0.5) is 0 Å². The highest BCUT2D eigenvalue weighted by atomic mass is 16.5. The summed E-state index contributed by atoms with van der Waals surface area (Å²) in [6, 6.07) is 4.73. The second kappa shape index (κ2) is 5.24. The number of ether oxygens (including phenoxy) is 2. The highest BCUT2D eigenvalue weighted by Gasteiger charge is 2.14. The first kappa shape index (κ1) is 11.4. The largest absolute Gasteiger partial charge is 0.504 e. The third-order valence-electron chi connectivity index (χ3n) is 1.87. The molecule has 0 radical (unpaired) electrons. The summed E-state index contributed by atoms with van der Waals surface area (Å²) in [4.78, 5) is 11.2. The minimum Gasteiger partial charge on any atom is -0.504 e. The first-order valence-corrected chi connectivity index (χ1v) is 4.73. The zero-order valence-electron chi connectivity index (χ0n) is 8.82. The summed E-state index contributed by atoms with van der Waals surface area (Å²) >= 11 is 0. The number of hydrogen-bond acceptors (Lipinski definition) is 4. The van der Waals surface area contributed by atoms with Gasteiger partial charge in [0.05, 0.1) is 13.7 Å². The second-order valence-corrected chi connectivity index (χ2v) is 2.99. The molecule has 4 heteroatoms. The van der Waals surface area contributed by atoms with Crippen LogP contribution >= 0.6 is 0 Å². The van der Waals surface area contributed by atoms with Crippen LogP contribution in [0.25, 0.3) is 0 Å². The Labute approximate surface area is 88.4 Å². The van der Waals surface area contributed by atoms with Crippen molar-refractivity contribution in [3.8, 4) is 11.5 Å². The van der Waals surface area contributed by atoms with Crippen molar-refractivity contribution >= 4 is 5.97 Å². The molecule has 0 fully saturated rings. The van der Waals surface area contributed by atoms with E-state index in [9.17, 15) is 9.90 Å². The van der Waals surface area contributed by atoms with Crippen LogP contribution in [-0.2, 0) is 4.74 Å². The lowest BCUT2D eigenvalue weighted by molar-refractivity contribution is 0.0596. The fraction of sp³-hybridized carbons (Fsp3) is 0.364.